The molecule has 0 aliphatic rings. The van der Waals surface area contributed by atoms with Crippen LogP contribution in [-0.4, -0.2) is 41.9 Å². The first-order valence-electron chi connectivity index (χ1n) is 8.05. The zero-order valence-corrected chi connectivity index (χ0v) is 14.1. The second-order valence-electron chi connectivity index (χ2n) is 6.22. The van der Waals surface area contributed by atoms with Crippen molar-refractivity contribution in [2.24, 2.45) is 5.92 Å². The molecule has 2 aromatic rings. The van der Waals surface area contributed by atoms with Crippen molar-refractivity contribution < 1.29 is 14.6 Å². The van der Waals surface area contributed by atoms with E-state index in [0.29, 0.717) is 24.8 Å². The summed E-state index contributed by atoms with van der Waals surface area (Å²) < 4.78 is 7.13. The molecule has 5 nitrogen and oxygen atoms in total. The summed E-state index contributed by atoms with van der Waals surface area (Å²) in [6, 6.07) is 9.58. The maximum Gasteiger partial charge on any atom is 0.268 e. The number of para-hydroxylation sites is 1. The zero-order chi connectivity index (χ0) is 16.8. The summed E-state index contributed by atoms with van der Waals surface area (Å²) in [6.07, 6.45) is 0.751. The third-order valence-corrected chi connectivity index (χ3v) is 3.87. The van der Waals surface area contributed by atoms with Gasteiger partial charge in [0.1, 0.15) is 5.69 Å². The van der Waals surface area contributed by atoms with Crippen LogP contribution in [0.5, 0.6) is 0 Å². The standard InChI is InChI=1S/C18H26N2O3/c1-13(2)10-15(12-21)19-18(22)17-11-14-6-4-5-7-16(14)20(17)8-9-23-3/h4-7,11,13,15,21H,8-10,12H2,1-3H3,(H,19,22). The first-order valence-corrected chi connectivity index (χ1v) is 8.05. The Bertz CT molecular complexity index is 649. The van der Waals surface area contributed by atoms with Crippen molar-refractivity contribution in [3.63, 3.8) is 0 Å². The first kappa shape index (κ1) is 17.5. The number of nitrogens with one attached hydrogen (secondary N) is 1. The summed E-state index contributed by atoms with van der Waals surface area (Å²) in [7, 11) is 1.65. The molecular formula is C18H26N2O3. The molecule has 0 aliphatic heterocycles. The molecule has 0 bridgehead atoms. The molecule has 1 amide bonds. The number of nitrogens with zero attached hydrogens (tertiary/aromatic N) is 1. The molecule has 1 aromatic carbocycles. The van der Waals surface area contributed by atoms with Crippen molar-refractivity contribution in [3.05, 3.63) is 36.0 Å². The lowest BCUT2D eigenvalue weighted by Gasteiger charge is -2.19. The monoisotopic (exact) mass is 318 g/mol. The van der Waals surface area contributed by atoms with Gasteiger partial charge in [0.05, 0.1) is 19.3 Å². The van der Waals surface area contributed by atoms with Gasteiger partial charge in [-0.15, -0.1) is 0 Å². The molecule has 0 aliphatic carbocycles. The number of methoxy groups -OCH3 is 1. The minimum atomic E-state index is -0.226. The molecule has 1 unspecified atom stereocenters. The van der Waals surface area contributed by atoms with Crippen LogP contribution in [0.25, 0.3) is 10.9 Å². The Morgan fingerprint density at radius 2 is 2.09 bits per heavy atom. The van der Waals surface area contributed by atoms with Gasteiger partial charge in [0, 0.05) is 24.6 Å². The van der Waals surface area contributed by atoms with E-state index in [9.17, 15) is 9.90 Å². The number of ether oxygens (including phenoxy) is 1. The van der Waals surface area contributed by atoms with Gasteiger partial charge in [-0.2, -0.15) is 0 Å². The first-order chi connectivity index (χ1) is 11.1. The summed E-state index contributed by atoms with van der Waals surface area (Å²) in [5.74, 6) is 0.254. The molecule has 1 aromatic heterocycles. The molecule has 2 N–H and O–H groups in total. The Kier molecular flexibility index (Phi) is 6.19. The van der Waals surface area contributed by atoms with Gasteiger partial charge in [-0.05, 0) is 24.5 Å². The molecule has 23 heavy (non-hydrogen) atoms. The SMILES string of the molecule is COCCn1c(C(=O)NC(CO)CC(C)C)cc2ccccc21. The molecule has 1 atom stereocenters. The minimum absolute atomic E-state index is 0.0534. The molecule has 0 saturated heterocycles. The van der Waals surface area contributed by atoms with Crippen LogP contribution in [-0.2, 0) is 11.3 Å². The summed E-state index contributed by atoms with van der Waals surface area (Å²) in [5.41, 5.74) is 1.62. The maximum atomic E-state index is 12.7. The molecule has 126 valence electrons. The van der Waals surface area contributed by atoms with E-state index in [0.717, 1.165) is 17.3 Å². The number of aliphatic hydroxyl groups is 1. The van der Waals surface area contributed by atoms with Crippen molar-refractivity contribution in [2.45, 2.75) is 32.9 Å². The summed E-state index contributed by atoms with van der Waals surface area (Å²) in [6.45, 7) is 5.24. The number of carbonyl (C=O) groups is 1. The highest BCUT2D eigenvalue weighted by atomic mass is 16.5. The van der Waals surface area contributed by atoms with Crippen LogP contribution < -0.4 is 5.32 Å². The average Bonchev–Trinajstić information content (AvgIpc) is 2.90. The van der Waals surface area contributed by atoms with Crippen LogP contribution in [0.2, 0.25) is 0 Å². The highest BCUT2D eigenvalue weighted by Gasteiger charge is 2.19. The lowest BCUT2D eigenvalue weighted by Crippen LogP contribution is -2.39. The lowest BCUT2D eigenvalue weighted by molar-refractivity contribution is 0.0897. The Morgan fingerprint density at radius 3 is 2.74 bits per heavy atom. The minimum Gasteiger partial charge on any atom is -0.394 e. The van der Waals surface area contributed by atoms with E-state index in [-0.39, 0.29) is 18.6 Å². The van der Waals surface area contributed by atoms with Gasteiger partial charge in [0.25, 0.3) is 5.91 Å². The molecular weight excluding hydrogens is 292 g/mol. The Labute approximate surface area is 137 Å². The number of amides is 1. The van der Waals surface area contributed by atoms with Gasteiger partial charge in [0.15, 0.2) is 0 Å². The van der Waals surface area contributed by atoms with Gasteiger partial charge in [-0.1, -0.05) is 32.0 Å². The maximum absolute atomic E-state index is 12.7. The number of rotatable bonds is 8. The Morgan fingerprint density at radius 1 is 1.35 bits per heavy atom. The fourth-order valence-electron chi connectivity index (χ4n) is 2.83. The molecule has 2 rings (SSSR count). The summed E-state index contributed by atoms with van der Waals surface area (Å²) in [4.78, 5) is 12.7. The lowest BCUT2D eigenvalue weighted by atomic mass is 10.0. The number of fused-ring (bicyclic) bond motifs is 1. The second-order valence-corrected chi connectivity index (χ2v) is 6.22. The molecule has 0 radical (unpaired) electrons. The number of aromatic nitrogens is 1. The van der Waals surface area contributed by atoms with Crippen LogP contribution in [0.1, 0.15) is 30.8 Å². The van der Waals surface area contributed by atoms with E-state index in [2.05, 4.69) is 19.2 Å². The van der Waals surface area contributed by atoms with Gasteiger partial charge in [-0.25, -0.2) is 0 Å². The van der Waals surface area contributed by atoms with Crippen molar-refractivity contribution in [1.29, 1.82) is 0 Å². The van der Waals surface area contributed by atoms with Crippen LogP contribution in [0.3, 0.4) is 0 Å². The molecule has 0 fully saturated rings. The third kappa shape index (κ3) is 4.33. The number of benzene rings is 1. The number of carbonyl (C=O) groups excluding carboxylic acids is 1. The van der Waals surface area contributed by atoms with Gasteiger partial charge < -0.3 is 19.7 Å². The molecule has 5 heteroatoms. The van der Waals surface area contributed by atoms with Crippen molar-refractivity contribution in [2.75, 3.05) is 20.3 Å². The molecule has 1 heterocycles. The van der Waals surface area contributed by atoms with E-state index >= 15 is 0 Å². The van der Waals surface area contributed by atoms with Crippen LogP contribution in [0.15, 0.2) is 30.3 Å². The summed E-state index contributed by atoms with van der Waals surface area (Å²) >= 11 is 0. The second kappa shape index (κ2) is 8.13. The summed E-state index contributed by atoms with van der Waals surface area (Å²) in [5, 5.41) is 13.4. The zero-order valence-electron chi connectivity index (χ0n) is 14.1. The Hall–Kier alpha value is -1.85. The number of hydrogen-bond acceptors (Lipinski definition) is 3. The van der Waals surface area contributed by atoms with Crippen LogP contribution in [0, 0.1) is 5.92 Å². The van der Waals surface area contributed by atoms with E-state index in [1.165, 1.54) is 0 Å². The number of aliphatic hydroxyl groups excluding tert-OH is 1. The quantitative estimate of drug-likeness (QED) is 0.786. The smallest absolute Gasteiger partial charge is 0.268 e. The molecule has 0 saturated carbocycles. The van der Waals surface area contributed by atoms with E-state index < -0.39 is 0 Å². The van der Waals surface area contributed by atoms with Gasteiger partial charge >= 0.3 is 0 Å². The highest BCUT2D eigenvalue weighted by Crippen LogP contribution is 2.20. The number of hydrogen-bond donors (Lipinski definition) is 2. The van der Waals surface area contributed by atoms with Crippen molar-refractivity contribution in [1.82, 2.24) is 9.88 Å². The van der Waals surface area contributed by atoms with E-state index in [1.807, 2.05) is 34.9 Å². The highest BCUT2D eigenvalue weighted by molar-refractivity contribution is 5.98. The third-order valence-electron chi connectivity index (χ3n) is 3.87. The predicted octanol–water partition coefficient (Wildman–Crippen LogP) is 2.42. The van der Waals surface area contributed by atoms with Crippen molar-refractivity contribution in [3.8, 4) is 0 Å². The molecule has 0 spiro atoms. The predicted molar refractivity (Wildman–Crippen MR) is 91.6 cm³/mol. The average molecular weight is 318 g/mol. The van der Waals surface area contributed by atoms with Gasteiger partial charge in [0.2, 0.25) is 0 Å². The largest absolute Gasteiger partial charge is 0.394 e. The van der Waals surface area contributed by atoms with E-state index in [1.54, 1.807) is 7.11 Å². The van der Waals surface area contributed by atoms with Crippen LogP contribution in [0.4, 0.5) is 0 Å². The fraction of sp³-hybridized carbons (Fsp3) is 0.500. The van der Waals surface area contributed by atoms with Crippen LogP contribution >= 0.6 is 0 Å². The fourth-order valence-corrected chi connectivity index (χ4v) is 2.83. The van der Waals surface area contributed by atoms with Gasteiger partial charge in [-0.3, -0.25) is 4.79 Å². The van der Waals surface area contributed by atoms with Crippen molar-refractivity contribution >= 4 is 16.8 Å². The van der Waals surface area contributed by atoms with E-state index in [4.69, 9.17) is 4.74 Å². The topological polar surface area (TPSA) is 63.5 Å². The normalized spacial score (nSPS) is 12.7. The Balaban J connectivity index is 2.27.